The van der Waals surface area contributed by atoms with Crippen molar-refractivity contribution >= 4 is 40.8 Å². The van der Waals surface area contributed by atoms with E-state index in [2.05, 4.69) is 12.0 Å². The smallest absolute Gasteiger partial charge is 0.128 e. The van der Waals surface area contributed by atoms with E-state index < -0.39 is 0 Å². The molecular formula is C12H13Cl2N3S. The Morgan fingerprint density at radius 1 is 1.28 bits per heavy atom. The van der Waals surface area contributed by atoms with E-state index in [1.165, 1.54) is 0 Å². The van der Waals surface area contributed by atoms with Crippen molar-refractivity contribution in [3.05, 3.63) is 34.3 Å². The molecule has 0 amide bonds. The summed E-state index contributed by atoms with van der Waals surface area (Å²) in [5.74, 6) is 1.62. The van der Waals surface area contributed by atoms with Gasteiger partial charge in [-0.15, -0.1) is 11.8 Å². The van der Waals surface area contributed by atoms with Crippen LogP contribution in [0.15, 0.2) is 29.3 Å². The number of hydrogen-bond acceptors (Lipinski definition) is 3. The molecule has 0 spiro atoms. The van der Waals surface area contributed by atoms with Crippen LogP contribution in [-0.4, -0.2) is 15.5 Å². The second-order valence-corrected chi connectivity index (χ2v) is 5.70. The van der Waals surface area contributed by atoms with Gasteiger partial charge in [-0.2, -0.15) is 5.10 Å². The molecular weight excluding hydrogens is 289 g/mol. The molecule has 1 aromatic carbocycles. The Bertz CT molecular complexity index is 554. The highest BCUT2D eigenvalue weighted by Crippen LogP contribution is 2.27. The highest BCUT2D eigenvalue weighted by molar-refractivity contribution is 7.99. The molecule has 0 saturated carbocycles. The highest BCUT2D eigenvalue weighted by atomic mass is 35.5. The predicted octanol–water partition coefficient (Wildman–Crippen LogP) is 4.26. The van der Waals surface area contributed by atoms with Crippen molar-refractivity contribution in [2.24, 2.45) is 0 Å². The van der Waals surface area contributed by atoms with Crippen LogP contribution in [0.5, 0.6) is 0 Å². The van der Waals surface area contributed by atoms with Crippen molar-refractivity contribution in [3.8, 4) is 5.69 Å². The lowest BCUT2D eigenvalue weighted by molar-refractivity contribution is 0.845. The minimum atomic E-state index is 0.492. The summed E-state index contributed by atoms with van der Waals surface area (Å²) in [6.45, 7) is 2.13. The van der Waals surface area contributed by atoms with Gasteiger partial charge >= 0.3 is 0 Å². The summed E-state index contributed by atoms with van der Waals surface area (Å²) in [6, 6.07) is 7.19. The van der Waals surface area contributed by atoms with Crippen LogP contribution in [0.25, 0.3) is 5.69 Å². The van der Waals surface area contributed by atoms with Crippen molar-refractivity contribution < 1.29 is 0 Å². The molecule has 2 N–H and O–H groups in total. The molecule has 0 radical (unpaired) electrons. The Hall–Kier alpha value is -0.840. The van der Waals surface area contributed by atoms with Gasteiger partial charge in [-0.3, -0.25) is 0 Å². The predicted molar refractivity (Wildman–Crippen MR) is 79.0 cm³/mol. The minimum Gasteiger partial charge on any atom is -0.384 e. The van der Waals surface area contributed by atoms with Crippen LogP contribution in [0, 0.1) is 0 Å². The molecule has 0 aliphatic carbocycles. The molecule has 0 fully saturated rings. The first-order valence-electron chi connectivity index (χ1n) is 5.55. The molecule has 1 aromatic heterocycles. The first kappa shape index (κ1) is 13.6. The van der Waals surface area contributed by atoms with Gasteiger partial charge in [0.15, 0.2) is 0 Å². The number of rotatable bonds is 4. The normalized spacial score (nSPS) is 10.8. The van der Waals surface area contributed by atoms with Gasteiger partial charge in [-0.1, -0.05) is 30.1 Å². The van der Waals surface area contributed by atoms with Crippen LogP contribution in [0.2, 0.25) is 10.0 Å². The molecule has 0 aliphatic rings. The fourth-order valence-corrected chi connectivity index (χ4v) is 2.52. The number of benzene rings is 1. The third-order valence-electron chi connectivity index (χ3n) is 2.32. The number of anilines is 1. The molecule has 0 atom stereocenters. The summed E-state index contributed by atoms with van der Waals surface area (Å²) in [5.41, 5.74) is 6.75. The SMILES string of the molecule is CCCSc1cc(N)n(-c2ccc(Cl)c(Cl)c2)n1. The molecule has 2 aromatic rings. The second-order valence-electron chi connectivity index (χ2n) is 3.77. The maximum atomic E-state index is 5.99. The van der Waals surface area contributed by atoms with E-state index in [0.717, 1.165) is 22.9 Å². The van der Waals surface area contributed by atoms with Crippen LogP contribution >= 0.6 is 35.0 Å². The van der Waals surface area contributed by atoms with Crippen molar-refractivity contribution in [2.75, 3.05) is 11.5 Å². The molecule has 0 unspecified atom stereocenters. The summed E-state index contributed by atoms with van der Waals surface area (Å²) in [7, 11) is 0. The average molecular weight is 302 g/mol. The van der Waals surface area contributed by atoms with Gasteiger partial charge in [0.05, 0.1) is 15.7 Å². The summed E-state index contributed by atoms with van der Waals surface area (Å²) in [5, 5.41) is 6.37. The lowest BCUT2D eigenvalue weighted by atomic mass is 10.3. The van der Waals surface area contributed by atoms with E-state index in [9.17, 15) is 0 Å². The zero-order valence-corrected chi connectivity index (χ0v) is 12.2. The van der Waals surface area contributed by atoms with E-state index in [4.69, 9.17) is 28.9 Å². The van der Waals surface area contributed by atoms with Gasteiger partial charge in [-0.05, 0) is 30.4 Å². The van der Waals surface area contributed by atoms with Crippen LogP contribution in [0.3, 0.4) is 0 Å². The average Bonchev–Trinajstić information content (AvgIpc) is 2.71. The molecule has 0 bridgehead atoms. The Kier molecular flexibility index (Phi) is 4.43. The lowest BCUT2D eigenvalue weighted by Crippen LogP contribution is -2.01. The van der Waals surface area contributed by atoms with Crippen molar-refractivity contribution in [1.82, 2.24) is 9.78 Å². The molecule has 0 aliphatic heterocycles. The number of nitrogen functional groups attached to an aromatic ring is 1. The maximum Gasteiger partial charge on any atom is 0.128 e. The maximum absolute atomic E-state index is 5.99. The number of hydrogen-bond donors (Lipinski definition) is 1. The van der Waals surface area contributed by atoms with Crippen LogP contribution < -0.4 is 5.73 Å². The first-order chi connectivity index (χ1) is 8.61. The molecule has 96 valence electrons. The molecule has 1 heterocycles. The van der Waals surface area contributed by atoms with E-state index in [1.54, 1.807) is 28.6 Å². The zero-order valence-electron chi connectivity index (χ0n) is 9.86. The number of halogens is 2. The summed E-state index contributed by atoms with van der Waals surface area (Å²) < 4.78 is 1.67. The van der Waals surface area contributed by atoms with Crippen molar-refractivity contribution in [2.45, 2.75) is 18.4 Å². The Morgan fingerprint density at radius 3 is 2.72 bits per heavy atom. The first-order valence-corrected chi connectivity index (χ1v) is 7.29. The zero-order chi connectivity index (χ0) is 13.1. The van der Waals surface area contributed by atoms with Gasteiger partial charge in [0.25, 0.3) is 0 Å². The Labute approximate surface area is 120 Å². The highest BCUT2D eigenvalue weighted by Gasteiger charge is 2.08. The summed E-state index contributed by atoms with van der Waals surface area (Å²) in [6.07, 6.45) is 1.10. The van der Waals surface area contributed by atoms with Crippen LogP contribution in [0.4, 0.5) is 5.82 Å². The minimum absolute atomic E-state index is 0.492. The molecule has 2 rings (SSSR count). The Morgan fingerprint density at radius 2 is 2.06 bits per heavy atom. The van der Waals surface area contributed by atoms with Gasteiger partial charge in [0.1, 0.15) is 10.8 Å². The van der Waals surface area contributed by atoms with E-state index in [1.807, 2.05) is 12.1 Å². The Balaban J connectivity index is 2.32. The number of nitrogens with zero attached hydrogens (tertiary/aromatic N) is 2. The lowest BCUT2D eigenvalue weighted by Gasteiger charge is -2.05. The van der Waals surface area contributed by atoms with Gasteiger partial charge in [0, 0.05) is 6.07 Å². The topological polar surface area (TPSA) is 43.8 Å². The number of aromatic nitrogens is 2. The third kappa shape index (κ3) is 2.94. The van der Waals surface area contributed by atoms with Gasteiger partial charge < -0.3 is 5.73 Å². The second kappa shape index (κ2) is 5.87. The molecule has 6 heteroatoms. The molecule has 18 heavy (non-hydrogen) atoms. The molecule has 3 nitrogen and oxygen atoms in total. The monoisotopic (exact) mass is 301 g/mol. The standard InChI is InChI=1S/C12H13Cl2N3S/c1-2-5-18-12-7-11(15)17(16-12)8-3-4-9(13)10(14)6-8/h3-4,6-7H,2,5,15H2,1H3. The fourth-order valence-electron chi connectivity index (χ4n) is 1.47. The largest absolute Gasteiger partial charge is 0.384 e. The van der Waals surface area contributed by atoms with Gasteiger partial charge in [0.2, 0.25) is 0 Å². The molecule has 0 saturated heterocycles. The van der Waals surface area contributed by atoms with E-state index >= 15 is 0 Å². The van der Waals surface area contributed by atoms with Crippen molar-refractivity contribution in [1.29, 1.82) is 0 Å². The summed E-state index contributed by atoms with van der Waals surface area (Å²) in [4.78, 5) is 0. The third-order valence-corrected chi connectivity index (χ3v) is 4.16. The summed E-state index contributed by atoms with van der Waals surface area (Å²) >= 11 is 13.6. The van der Waals surface area contributed by atoms with Crippen LogP contribution in [-0.2, 0) is 0 Å². The van der Waals surface area contributed by atoms with Gasteiger partial charge in [-0.25, -0.2) is 4.68 Å². The quantitative estimate of drug-likeness (QED) is 0.858. The number of thioether (sulfide) groups is 1. The number of nitrogens with two attached hydrogens (primary N) is 1. The fraction of sp³-hybridized carbons (Fsp3) is 0.250. The van der Waals surface area contributed by atoms with E-state index in [0.29, 0.717) is 15.9 Å². The van der Waals surface area contributed by atoms with E-state index in [-0.39, 0.29) is 0 Å². The van der Waals surface area contributed by atoms with Crippen molar-refractivity contribution in [3.63, 3.8) is 0 Å². The van der Waals surface area contributed by atoms with Crippen LogP contribution in [0.1, 0.15) is 13.3 Å².